The number of ether oxygens (including phenoxy) is 4. The molecule has 5 rings (SSSR count). The molecule has 5 nitrogen and oxygen atoms in total. The third kappa shape index (κ3) is 6.02. The van der Waals surface area contributed by atoms with Gasteiger partial charge in [0.25, 0.3) is 0 Å². The Morgan fingerprint density at radius 1 is 0.676 bits per heavy atom. The molecule has 0 aromatic heterocycles. The van der Waals surface area contributed by atoms with Crippen molar-refractivity contribution >= 4 is 5.97 Å². The number of carbonyl (C=O) groups is 1. The highest BCUT2D eigenvalue weighted by Gasteiger charge is 2.57. The van der Waals surface area contributed by atoms with E-state index in [-0.39, 0.29) is 42.0 Å². The van der Waals surface area contributed by atoms with Gasteiger partial charge in [0.1, 0.15) is 6.10 Å². The minimum atomic E-state index is -0.350. The quantitative estimate of drug-likeness (QED) is 0.264. The second-order valence-corrected chi connectivity index (χ2v) is 9.73. The van der Waals surface area contributed by atoms with Gasteiger partial charge in [-0.25, -0.2) is 0 Å². The van der Waals surface area contributed by atoms with E-state index in [0.29, 0.717) is 26.2 Å². The van der Waals surface area contributed by atoms with Crippen LogP contribution in [0.5, 0.6) is 0 Å². The number of methoxy groups -OCH3 is 1. The van der Waals surface area contributed by atoms with Crippen molar-refractivity contribution in [2.45, 2.75) is 44.6 Å². The van der Waals surface area contributed by atoms with Crippen LogP contribution in [-0.2, 0) is 43.6 Å². The van der Waals surface area contributed by atoms with Gasteiger partial charge in [-0.2, -0.15) is 0 Å². The largest absolute Gasteiger partial charge is 0.469 e. The second kappa shape index (κ2) is 12.3. The molecule has 37 heavy (non-hydrogen) atoms. The minimum absolute atomic E-state index is 0.0249. The summed E-state index contributed by atoms with van der Waals surface area (Å²) in [7, 11) is 1.46. The number of allylic oxidation sites excluding steroid dienone is 1. The molecule has 0 spiro atoms. The van der Waals surface area contributed by atoms with Crippen LogP contribution in [0.1, 0.15) is 23.1 Å². The van der Waals surface area contributed by atoms with Gasteiger partial charge in [-0.1, -0.05) is 103 Å². The van der Waals surface area contributed by atoms with Crippen molar-refractivity contribution in [3.05, 3.63) is 120 Å². The summed E-state index contributed by atoms with van der Waals surface area (Å²) in [5.74, 6) is -0.655. The molecular formula is C32H34O5. The molecule has 0 N–H and O–H groups in total. The van der Waals surface area contributed by atoms with Crippen molar-refractivity contribution in [3.63, 3.8) is 0 Å². The molecule has 0 saturated heterocycles. The van der Waals surface area contributed by atoms with E-state index in [1.165, 1.54) is 7.11 Å². The lowest BCUT2D eigenvalue weighted by Crippen LogP contribution is -2.40. The van der Waals surface area contributed by atoms with Crippen LogP contribution in [0.4, 0.5) is 0 Å². The number of benzene rings is 3. The average Bonchev–Trinajstić information content (AvgIpc) is 3.27. The average molecular weight is 499 g/mol. The van der Waals surface area contributed by atoms with Gasteiger partial charge in [0.15, 0.2) is 0 Å². The normalized spacial score (nSPS) is 26.5. The van der Waals surface area contributed by atoms with Crippen LogP contribution in [-0.4, -0.2) is 31.4 Å². The fraction of sp³-hybridized carbons (Fsp3) is 0.344. The van der Waals surface area contributed by atoms with E-state index < -0.39 is 0 Å². The smallest absolute Gasteiger partial charge is 0.309 e. The van der Waals surface area contributed by atoms with Crippen LogP contribution in [0.3, 0.4) is 0 Å². The zero-order valence-corrected chi connectivity index (χ0v) is 21.1. The molecule has 3 aromatic rings. The Bertz CT molecular complexity index is 1150. The molecule has 192 valence electrons. The topological polar surface area (TPSA) is 54.0 Å². The Hall–Kier alpha value is -3.25. The van der Waals surface area contributed by atoms with Crippen molar-refractivity contribution < 1.29 is 23.7 Å². The van der Waals surface area contributed by atoms with E-state index in [9.17, 15) is 4.79 Å². The first-order chi connectivity index (χ1) is 18.2. The number of esters is 1. The lowest BCUT2D eigenvalue weighted by molar-refractivity contribution is -0.153. The Morgan fingerprint density at radius 3 is 1.62 bits per heavy atom. The van der Waals surface area contributed by atoms with Crippen molar-refractivity contribution in [2.75, 3.05) is 7.11 Å². The van der Waals surface area contributed by atoms with Gasteiger partial charge in [0.2, 0.25) is 0 Å². The van der Waals surface area contributed by atoms with Crippen LogP contribution >= 0.6 is 0 Å². The Kier molecular flexibility index (Phi) is 8.46. The molecule has 2 aliphatic carbocycles. The maximum atomic E-state index is 12.9. The first-order valence-corrected chi connectivity index (χ1v) is 13.0. The predicted octanol–water partition coefficient (Wildman–Crippen LogP) is 5.74. The van der Waals surface area contributed by atoms with E-state index in [4.69, 9.17) is 18.9 Å². The molecule has 2 aliphatic rings. The highest BCUT2D eigenvalue weighted by molar-refractivity contribution is 5.73. The highest BCUT2D eigenvalue weighted by atomic mass is 16.6. The standard InChI is InChI=1S/C32H34O5/c1-34-32(33)27-19-11-18-26-28(27)30(36-21-24-14-7-3-8-15-24)31(37-22-25-16-9-4-10-17-25)29(26)35-20-23-12-5-2-6-13-23/h2-18,26-31H,19-22H2,1H3/t26-,27-,28-,29+,30-,31-/m0/s1. The maximum Gasteiger partial charge on any atom is 0.309 e. The van der Waals surface area contributed by atoms with Gasteiger partial charge in [-0.05, 0) is 23.1 Å². The summed E-state index contributed by atoms with van der Waals surface area (Å²) < 4.78 is 25.1. The van der Waals surface area contributed by atoms with Crippen LogP contribution in [0, 0.1) is 17.8 Å². The summed E-state index contributed by atoms with van der Waals surface area (Å²) >= 11 is 0. The van der Waals surface area contributed by atoms with Gasteiger partial charge in [0.05, 0.1) is 45.1 Å². The lowest BCUT2D eigenvalue weighted by Gasteiger charge is -2.32. The molecule has 3 aromatic carbocycles. The molecule has 6 atom stereocenters. The monoisotopic (exact) mass is 498 g/mol. The van der Waals surface area contributed by atoms with Gasteiger partial charge in [-0.15, -0.1) is 0 Å². The summed E-state index contributed by atoms with van der Waals surface area (Å²) in [6.45, 7) is 1.33. The van der Waals surface area contributed by atoms with Gasteiger partial charge < -0.3 is 18.9 Å². The molecule has 0 bridgehead atoms. The van der Waals surface area contributed by atoms with Gasteiger partial charge >= 0.3 is 5.97 Å². The van der Waals surface area contributed by atoms with Crippen molar-refractivity contribution in [2.24, 2.45) is 17.8 Å². The van der Waals surface area contributed by atoms with Gasteiger partial charge in [0, 0.05) is 11.8 Å². The van der Waals surface area contributed by atoms with Crippen molar-refractivity contribution in [1.29, 1.82) is 0 Å². The number of hydrogen-bond donors (Lipinski definition) is 0. The van der Waals surface area contributed by atoms with Crippen LogP contribution in [0.2, 0.25) is 0 Å². The van der Waals surface area contributed by atoms with E-state index in [0.717, 1.165) is 16.7 Å². The fourth-order valence-electron chi connectivity index (χ4n) is 5.64. The molecule has 5 heteroatoms. The highest BCUT2D eigenvalue weighted by Crippen LogP contribution is 2.47. The third-order valence-corrected chi connectivity index (χ3v) is 7.42. The first-order valence-electron chi connectivity index (χ1n) is 13.0. The fourth-order valence-corrected chi connectivity index (χ4v) is 5.64. The number of fused-ring (bicyclic) bond motifs is 1. The summed E-state index contributed by atoms with van der Waals surface area (Å²) in [6, 6.07) is 30.4. The maximum absolute atomic E-state index is 12.9. The summed E-state index contributed by atoms with van der Waals surface area (Å²) in [5, 5.41) is 0. The predicted molar refractivity (Wildman–Crippen MR) is 141 cm³/mol. The van der Waals surface area contributed by atoms with Crippen molar-refractivity contribution in [3.8, 4) is 0 Å². The van der Waals surface area contributed by atoms with E-state index in [1.807, 2.05) is 66.7 Å². The molecule has 1 saturated carbocycles. The second-order valence-electron chi connectivity index (χ2n) is 9.73. The zero-order chi connectivity index (χ0) is 25.5. The first kappa shape index (κ1) is 25.4. The summed E-state index contributed by atoms with van der Waals surface area (Å²) in [5.41, 5.74) is 3.26. The van der Waals surface area contributed by atoms with E-state index in [1.54, 1.807) is 0 Å². The number of hydrogen-bond acceptors (Lipinski definition) is 5. The zero-order valence-electron chi connectivity index (χ0n) is 21.1. The van der Waals surface area contributed by atoms with Crippen LogP contribution in [0.25, 0.3) is 0 Å². The van der Waals surface area contributed by atoms with E-state index in [2.05, 4.69) is 36.4 Å². The SMILES string of the molecule is COC(=O)[C@H]1CC=C[C@@H]2[C@@H](OCc3ccccc3)[C@H](OCc3ccccc3)[C@@H](OCc3ccccc3)[C@@H]21. The third-order valence-electron chi connectivity index (χ3n) is 7.42. The Balaban J connectivity index is 1.45. The molecule has 0 aliphatic heterocycles. The molecular weight excluding hydrogens is 464 g/mol. The molecule has 0 amide bonds. The van der Waals surface area contributed by atoms with E-state index >= 15 is 0 Å². The molecule has 0 radical (unpaired) electrons. The van der Waals surface area contributed by atoms with Crippen LogP contribution < -0.4 is 0 Å². The lowest BCUT2D eigenvalue weighted by atomic mass is 9.76. The minimum Gasteiger partial charge on any atom is -0.469 e. The molecule has 0 heterocycles. The Labute approximate surface area is 219 Å². The Morgan fingerprint density at radius 2 is 1.14 bits per heavy atom. The van der Waals surface area contributed by atoms with Gasteiger partial charge in [-0.3, -0.25) is 4.79 Å². The van der Waals surface area contributed by atoms with Crippen molar-refractivity contribution in [1.82, 2.24) is 0 Å². The summed E-state index contributed by atoms with van der Waals surface area (Å²) in [6.07, 6.45) is 3.94. The number of rotatable bonds is 10. The summed E-state index contributed by atoms with van der Waals surface area (Å²) in [4.78, 5) is 12.9. The molecule has 0 unspecified atom stereocenters. The van der Waals surface area contributed by atoms with Crippen LogP contribution in [0.15, 0.2) is 103 Å². The molecule has 1 fully saturated rings. The number of carbonyl (C=O) groups excluding carboxylic acids is 1.